The Morgan fingerprint density at radius 1 is 0.941 bits per heavy atom. The van der Waals surface area contributed by atoms with Crippen LogP contribution in [0.25, 0.3) is 21.8 Å². The number of nitrogens with zero attached hydrogens (tertiary/aromatic N) is 1. The molecule has 0 atom stereocenters. The minimum Gasteiger partial charge on any atom is -0.396 e. The molecule has 3 aromatic rings. The van der Waals surface area contributed by atoms with Crippen molar-refractivity contribution in [3.05, 3.63) is 41.4 Å². The van der Waals surface area contributed by atoms with Crippen molar-refractivity contribution in [2.24, 2.45) is 0 Å². The van der Waals surface area contributed by atoms with E-state index in [0.717, 1.165) is 21.8 Å². The highest BCUT2D eigenvalue weighted by Gasteiger charge is 2.08. The van der Waals surface area contributed by atoms with E-state index in [1.807, 2.05) is 30.3 Å². The molecule has 84 valence electrons. The standard InChI is InChI=1S/C13H10ClN3/c14-9-6-11-8(12(15)13(9)16)5-7-3-1-2-4-10(7)17-11/h1-6H,15-16H2. The van der Waals surface area contributed by atoms with Crippen molar-refractivity contribution in [1.29, 1.82) is 0 Å². The van der Waals surface area contributed by atoms with E-state index < -0.39 is 0 Å². The van der Waals surface area contributed by atoms with E-state index >= 15 is 0 Å². The van der Waals surface area contributed by atoms with Gasteiger partial charge in [0.25, 0.3) is 0 Å². The first-order valence-electron chi connectivity index (χ1n) is 5.20. The Bertz CT molecular complexity index is 737. The van der Waals surface area contributed by atoms with Gasteiger partial charge >= 0.3 is 0 Å². The van der Waals surface area contributed by atoms with Crippen molar-refractivity contribution in [2.45, 2.75) is 0 Å². The minimum absolute atomic E-state index is 0.413. The number of halogens is 1. The average molecular weight is 244 g/mol. The van der Waals surface area contributed by atoms with Crippen LogP contribution >= 0.6 is 11.6 Å². The topological polar surface area (TPSA) is 64.9 Å². The van der Waals surface area contributed by atoms with Crippen LogP contribution in [0.3, 0.4) is 0 Å². The number of anilines is 2. The van der Waals surface area contributed by atoms with E-state index in [0.29, 0.717) is 16.4 Å². The van der Waals surface area contributed by atoms with Crippen LogP contribution in [0.15, 0.2) is 36.4 Å². The second-order valence-electron chi connectivity index (χ2n) is 3.93. The molecule has 0 saturated carbocycles. The van der Waals surface area contributed by atoms with Gasteiger partial charge in [0, 0.05) is 10.8 Å². The normalized spacial score (nSPS) is 11.1. The molecular weight excluding hydrogens is 234 g/mol. The van der Waals surface area contributed by atoms with Crippen molar-refractivity contribution in [3.63, 3.8) is 0 Å². The molecule has 0 aliphatic heterocycles. The summed E-state index contributed by atoms with van der Waals surface area (Å²) in [6, 6.07) is 11.6. The summed E-state index contributed by atoms with van der Waals surface area (Å²) in [7, 11) is 0. The largest absolute Gasteiger partial charge is 0.396 e. The molecule has 3 nitrogen and oxygen atoms in total. The van der Waals surface area contributed by atoms with Crippen molar-refractivity contribution < 1.29 is 0 Å². The number of nitrogen functional groups attached to an aromatic ring is 2. The predicted octanol–water partition coefficient (Wildman–Crippen LogP) is 3.21. The van der Waals surface area contributed by atoms with Gasteiger partial charge in [0.1, 0.15) is 0 Å². The first kappa shape index (κ1) is 10.2. The quantitative estimate of drug-likeness (QED) is 0.471. The van der Waals surface area contributed by atoms with Crippen molar-refractivity contribution >= 4 is 44.8 Å². The highest BCUT2D eigenvalue weighted by atomic mass is 35.5. The maximum absolute atomic E-state index is 6.00. The average Bonchev–Trinajstić information content (AvgIpc) is 2.34. The Morgan fingerprint density at radius 3 is 2.53 bits per heavy atom. The number of pyridine rings is 1. The van der Waals surface area contributed by atoms with Crippen molar-refractivity contribution in [3.8, 4) is 0 Å². The van der Waals surface area contributed by atoms with Crippen LogP contribution < -0.4 is 11.5 Å². The number of para-hydroxylation sites is 1. The van der Waals surface area contributed by atoms with Gasteiger partial charge in [-0.2, -0.15) is 0 Å². The molecule has 17 heavy (non-hydrogen) atoms. The van der Waals surface area contributed by atoms with Crippen molar-refractivity contribution in [2.75, 3.05) is 11.5 Å². The molecule has 1 aromatic heterocycles. The lowest BCUT2D eigenvalue weighted by molar-refractivity contribution is 1.50. The third kappa shape index (κ3) is 1.47. The highest BCUT2D eigenvalue weighted by molar-refractivity contribution is 6.35. The summed E-state index contributed by atoms with van der Waals surface area (Å²) >= 11 is 6.00. The lowest BCUT2D eigenvalue weighted by atomic mass is 10.1. The number of fused-ring (bicyclic) bond motifs is 2. The van der Waals surface area contributed by atoms with Gasteiger partial charge in [-0.05, 0) is 18.2 Å². The molecule has 4 heteroatoms. The second-order valence-corrected chi connectivity index (χ2v) is 4.34. The Labute approximate surface area is 103 Å². The fourth-order valence-corrected chi connectivity index (χ4v) is 2.13. The van der Waals surface area contributed by atoms with E-state index in [2.05, 4.69) is 4.98 Å². The van der Waals surface area contributed by atoms with Crippen LogP contribution in [0.1, 0.15) is 0 Å². The highest BCUT2D eigenvalue weighted by Crippen LogP contribution is 2.34. The zero-order chi connectivity index (χ0) is 12.0. The second kappa shape index (κ2) is 3.50. The molecule has 0 aliphatic rings. The zero-order valence-electron chi connectivity index (χ0n) is 8.94. The number of hydrogen-bond donors (Lipinski definition) is 2. The first-order chi connectivity index (χ1) is 8.16. The van der Waals surface area contributed by atoms with E-state index in [1.54, 1.807) is 6.07 Å². The van der Waals surface area contributed by atoms with E-state index in [4.69, 9.17) is 23.1 Å². The smallest absolute Gasteiger partial charge is 0.0746 e. The molecule has 0 bridgehead atoms. The molecule has 3 rings (SSSR count). The summed E-state index contributed by atoms with van der Waals surface area (Å²) in [5.41, 5.74) is 14.4. The van der Waals surface area contributed by atoms with Crippen LogP contribution in [-0.4, -0.2) is 4.98 Å². The Kier molecular flexibility index (Phi) is 2.09. The van der Waals surface area contributed by atoms with E-state index in [-0.39, 0.29) is 0 Å². The van der Waals surface area contributed by atoms with Crippen molar-refractivity contribution in [1.82, 2.24) is 4.98 Å². The number of rotatable bonds is 0. The monoisotopic (exact) mass is 243 g/mol. The molecule has 2 aromatic carbocycles. The van der Waals surface area contributed by atoms with Crippen LogP contribution in [0.5, 0.6) is 0 Å². The van der Waals surface area contributed by atoms with Gasteiger partial charge in [-0.3, -0.25) is 0 Å². The Hall–Kier alpha value is -2.00. The van der Waals surface area contributed by atoms with Crippen LogP contribution in [0.2, 0.25) is 5.02 Å². The summed E-state index contributed by atoms with van der Waals surface area (Å²) in [5.74, 6) is 0. The molecule has 0 unspecified atom stereocenters. The van der Waals surface area contributed by atoms with E-state index in [9.17, 15) is 0 Å². The molecule has 0 radical (unpaired) electrons. The predicted molar refractivity (Wildman–Crippen MR) is 73.1 cm³/mol. The molecule has 0 amide bonds. The number of benzene rings is 2. The van der Waals surface area contributed by atoms with Gasteiger partial charge in [-0.1, -0.05) is 29.8 Å². The maximum atomic E-state index is 6.00. The van der Waals surface area contributed by atoms with Crippen LogP contribution in [0, 0.1) is 0 Å². The van der Waals surface area contributed by atoms with Gasteiger partial charge in [0.2, 0.25) is 0 Å². The fourth-order valence-electron chi connectivity index (χ4n) is 1.93. The lowest BCUT2D eigenvalue weighted by Crippen LogP contribution is -1.97. The van der Waals surface area contributed by atoms with Crippen LogP contribution in [0.4, 0.5) is 11.4 Å². The number of aromatic nitrogens is 1. The summed E-state index contributed by atoms with van der Waals surface area (Å²) in [6.45, 7) is 0. The fraction of sp³-hybridized carbons (Fsp3) is 0. The van der Waals surface area contributed by atoms with Crippen LogP contribution in [-0.2, 0) is 0 Å². The third-order valence-electron chi connectivity index (χ3n) is 2.85. The summed E-state index contributed by atoms with van der Waals surface area (Å²) in [5, 5.41) is 2.32. The summed E-state index contributed by atoms with van der Waals surface area (Å²) < 4.78 is 0. The van der Waals surface area contributed by atoms with Gasteiger partial charge in [-0.15, -0.1) is 0 Å². The van der Waals surface area contributed by atoms with E-state index in [1.165, 1.54) is 0 Å². The SMILES string of the molecule is Nc1c(Cl)cc2nc3ccccc3cc2c1N. The summed E-state index contributed by atoms with van der Waals surface area (Å²) in [6.07, 6.45) is 0. The molecule has 0 saturated heterocycles. The van der Waals surface area contributed by atoms with Gasteiger partial charge in [-0.25, -0.2) is 4.98 Å². The Balaban J connectivity index is 2.52. The third-order valence-corrected chi connectivity index (χ3v) is 3.17. The molecule has 0 fully saturated rings. The molecule has 4 N–H and O–H groups in total. The number of nitrogens with two attached hydrogens (primary N) is 2. The van der Waals surface area contributed by atoms with Gasteiger partial charge < -0.3 is 11.5 Å². The zero-order valence-corrected chi connectivity index (χ0v) is 9.70. The first-order valence-corrected chi connectivity index (χ1v) is 5.57. The van der Waals surface area contributed by atoms with Gasteiger partial charge in [0.15, 0.2) is 0 Å². The molecule has 0 spiro atoms. The molecule has 0 aliphatic carbocycles. The Morgan fingerprint density at radius 2 is 1.71 bits per heavy atom. The lowest BCUT2D eigenvalue weighted by Gasteiger charge is -2.08. The minimum atomic E-state index is 0.413. The summed E-state index contributed by atoms with van der Waals surface area (Å²) in [4.78, 5) is 4.52. The molecular formula is C13H10ClN3. The maximum Gasteiger partial charge on any atom is 0.0746 e. The molecule has 1 heterocycles. The van der Waals surface area contributed by atoms with Gasteiger partial charge in [0.05, 0.1) is 27.4 Å². The number of hydrogen-bond acceptors (Lipinski definition) is 3.